The van der Waals surface area contributed by atoms with Crippen LogP contribution < -0.4 is 0 Å². The molecule has 0 bridgehead atoms. The average Bonchev–Trinajstić information content (AvgIpc) is 3.15. The van der Waals surface area contributed by atoms with Crippen LogP contribution in [0.25, 0.3) is 0 Å². The number of carbonyl (C=O) groups excluding carboxylic acids is 1. The SMILES string of the molecule is Cc1nnc(COC(=O)C2(c3ccc(Br)cc3)CCCC2)o1. The molecule has 0 atom stereocenters. The molecule has 6 heteroatoms. The van der Waals surface area contributed by atoms with E-state index in [4.69, 9.17) is 9.15 Å². The number of rotatable bonds is 4. The number of nitrogens with zero attached hydrogens (tertiary/aromatic N) is 2. The van der Waals surface area contributed by atoms with Gasteiger partial charge in [-0.25, -0.2) is 0 Å². The summed E-state index contributed by atoms with van der Waals surface area (Å²) in [6, 6.07) is 7.91. The van der Waals surface area contributed by atoms with E-state index in [0.717, 1.165) is 35.7 Å². The van der Waals surface area contributed by atoms with Crippen molar-refractivity contribution in [2.75, 3.05) is 0 Å². The number of halogens is 1. The molecule has 1 saturated carbocycles. The fraction of sp³-hybridized carbons (Fsp3) is 0.438. The number of aromatic nitrogens is 2. The zero-order chi connectivity index (χ0) is 15.6. The van der Waals surface area contributed by atoms with Gasteiger partial charge in [0.15, 0.2) is 6.61 Å². The number of ether oxygens (including phenoxy) is 1. The largest absolute Gasteiger partial charge is 0.455 e. The molecule has 1 fully saturated rings. The van der Waals surface area contributed by atoms with Crippen LogP contribution in [0.3, 0.4) is 0 Å². The topological polar surface area (TPSA) is 65.2 Å². The van der Waals surface area contributed by atoms with Crippen LogP contribution in [-0.4, -0.2) is 16.2 Å². The minimum Gasteiger partial charge on any atom is -0.455 e. The van der Waals surface area contributed by atoms with Crippen molar-refractivity contribution in [2.45, 2.75) is 44.6 Å². The summed E-state index contributed by atoms with van der Waals surface area (Å²) in [7, 11) is 0. The smallest absolute Gasteiger partial charge is 0.317 e. The summed E-state index contributed by atoms with van der Waals surface area (Å²) in [5, 5.41) is 7.59. The van der Waals surface area contributed by atoms with Crippen molar-refractivity contribution in [3.8, 4) is 0 Å². The highest BCUT2D eigenvalue weighted by atomic mass is 79.9. The van der Waals surface area contributed by atoms with Gasteiger partial charge < -0.3 is 9.15 Å². The maximum Gasteiger partial charge on any atom is 0.317 e. The van der Waals surface area contributed by atoms with Gasteiger partial charge in [0.1, 0.15) is 0 Å². The molecule has 1 aliphatic carbocycles. The van der Waals surface area contributed by atoms with E-state index in [1.54, 1.807) is 6.92 Å². The van der Waals surface area contributed by atoms with Crippen molar-refractivity contribution >= 4 is 21.9 Å². The zero-order valence-corrected chi connectivity index (χ0v) is 13.9. The number of benzene rings is 1. The van der Waals surface area contributed by atoms with Gasteiger partial charge in [-0.15, -0.1) is 10.2 Å². The Balaban J connectivity index is 1.78. The molecule has 2 aromatic rings. The van der Waals surface area contributed by atoms with E-state index < -0.39 is 5.41 Å². The van der Waals surface area contributed by atoms with E-state index in [1.165, 1.54) is 0 Å². The summed E-state index contributed by atoms with van der Waals surface area (Å²) >= 11 is 3.43. The Bertz CT molecular complexity index is 660. The molecule has 116 valence electrons. The summed E-state index contributed by atoms with van der Waals surface area (Å²) in [6.07, 6.45) is 3.70. The average molecular weight is 365 g/mol. The second-order valence-electron chi connectivity index (χ2n) is 5.59. The molecule has 22 heavy (non-hydrogen) atoms. The van der Waals surface area contributed by atoms with Crippen LogP contribution in [0, 0.1) is 6.92 Å². The highest BCUT2D eigenvalue weighted by Crippen LogP contribution is 2.42. The van der Waals surface area contributed by atoms with E-state index in [1.807, 2.05) is 24.3 Å². The molecule has 3 rings (SSSR count). The van der Waals surface area contributed by atoms with Crippen molar-refractivity contribution in [1.29, 1.82) is 0 Å². The third-order valence-electron chi connectivity index (χ3n) is 4.14. The van der Waals surface area contributed by atoms with Gasteiger partial charge in [0.05, 0.1) is 5.41 Å². The fourth-order valence-corrected chi connectivity index (χ4v) is 3.28. The zero-order valence-electron chi connectivity index (χ0n) is 12.3. The van der Waals surface area contributed by atoms with E-state index in [0.29, 0.717) is 11.8 Å². The number of hydrogen-bond donors (Lipinski definition) is 0. The van der Waals surface area contributed by atoms with Crippen LogP contribution in [0.5, 0.6) is 0 Å². The second kappa shape index (κ2) is 6.20. The van der Waals surface area contributed by atoms with Crippen molar-refractivity contribution in [3.05, 3.63) is 46.1 Å². The lowest BCUT2D eigenvalue weighted by Crippen LogP contribution is -2.34. The van der Waals surface area contributed by atoms with E-state index >= 15 is 0 Å². The minimum absolute atomic E-state index is 0.0257. The first kappa shape index (κ1) is 15.2. The van der Waals surface area contributed by atoms with Crippen molar-refractivity contribution in [3.63, 3.8) is 0 Å². The van der Waals surface area contributed by atoms with Crippen LogP contribution in [0.1, 0.15) is 43.0 Å². The first-order valence-electron chi connectivity index (χ1n) is 7.32. The Morgan fingerprint density at radius 1 is 1.27 bits per heavy atom. The number of carbonyl (C=O) groups is 1. The predicted molar refractivity (Wildman–Crippen MR) is 83.1 cm³/mol. The highest BCUT2D eigenvalue weighted by Gasteiger charge is 2.44. The molecule has 1 aromatic carbocycles. The van der Waals surface area contributed by atoms with Gasteiger partial charge in [-0.05, 0) is 30.5 Å². The molecule has 0 amide bonds. The Kier molecular flexibility index (Phi) is 4.29. The van der Waals surface area contributed by atoms with Crippen LogP contribution in [0.2, 0.25) is 0 Å². The Labute approximate surface area is 137 Å². The lowest BCUT2D eigenvalue weighted by atomic mass is 9.79. The third kappa shape index (κ3) is 2.92. The first-order chi connectivity index (χ1) is 10.6. The van der Waals surface area contributed by atoms with Crippen LogP contribution >= 0.6 is 15.9 Å². The molecule has 0 radical (unpaired) electrons. The summed E-state index contributed by atoms with van der Waals surface area (Å²) in [4.78, 5) is 12.7. The molecular formula is C16H17BrN2O3. The monoisotopic (exact) mass is 364 g/mol. The summed E-state index contributed by atoms with van der Waals surface area (Å²) in [5.74, 6) is 0.590. The van der Waals surface area contributed by atoms with Gasteiger partial charge in [-0.3, -0.25) is 4.79 Å². The highest BCUT2D eigenvalue weighted by molar-refractivity contribution is 9.10. The third-order valence-corrected chi connectivity index (χ3v) is 4.67. The quantitative estimate of drug-likeness (QED) is 0.773. The molecule has 0 aliphatic heterocycles. The van der Waals surface area contributed by atoms with Crippen LogP contribution in [0.15, 0.2) is 33.2 Å². The van der Waals surface area contributed by atoms with Gasteiger partial charge >= 0.3 is 5.97 Å². The summed E-state index contributed by atoms with van der Waals surface area (Å²) in [6.45, 7) is 1.73. The number of aryl methyl sites for hydroxylation is 1. The molecule has 0 spiro atoms. The maximum absolute atomic E-state index is 12.7. The van der Waals surface area contributed by atoms with Gasteiger partial charge in [0, 0.05) is 11.4 Å². The van der Waals surface area contributed by atoms with E-state index in [2.05, 4.69) is 26.1 Å². The lowest BCUT2D eigenvalue weighted by molar-refractivity contribution is -0.152. The van der Waals surface area contributed by atoms with Crippen molar-refractivity contribution in [2.24, 2.45) is 0 Å². The van der Waals surface area contributed by atoms with Crippen molar-refractivity contribution in [1.82, 2.24) is 10.2 Å². The Morgan fingerprint density at radius 3 is 2.55 bits per heavy atom. The van der Waals surface area contributed by atoms with Gasteiger partial charge in [-0.2, -0.15) is 0 Å². The normalized spacial score (nSPS) is 16.6. The molecule has 0 saturated heterocycles. The summed E-state index contributed by atoms with van der Waals surface area (Å²) in [5.41, 5.74) is 0.468. The van der Waals surface area contributed by atoms with Crippen molar-refractivity contribution < 1.29 is 13.9 Å². The van der Waals surface area contributed by atoms with Crippen LogP contribution in [0.4, 0.5) is 0 Å². The van der Waals surface area contributed by atoms with Gasteiger partial charge in [0.25, 0.3) is 5.89 Å². The first-order valence-corrected chi connectivity index (χ1v) is 8.12. The fourth-order valence-electron chi connectivity index (χ4n) is 3.02. The molecule has 5 nitrogen and oxygen atoms in total. The second-order valence-corrected chi connectivity index (χ2v) is 6.50. The number of hydrogen-bond acceptors (Lipinski definition) is 5. The van der Waals surface area contributed by atoms with E-state index in [-0.39, 0.29) is 12.6 Å². The van der Waals surface area contributed by atoms with E-state index in [9.17, 15) is 4.79 Å². The standard InChI is InChI=1S/C16H17BrN2O3/c1-11-18-19-14(22-11)10-21-15(20)16(8-2-3-9-16)12-4-6-13(17)7-5-12/h4-7H,2-3,8-10H2,1H3. The van der Waals surface area contributed by atoms with Crippen LogP contribution in [-0.2, 0) is 21.6 Å². The molecule has 1 aromatic heterocycles. The summed E-state index contributed by atoms with van der Waals surface area (Å²) < 4.78 is 11.7. The maximum atomic E-state index is 12.7. The lowest BCUT2D eigenvalue weighted by Gasteiger charge is -2.27. The Hall–Kier alpha value is -1.69. The molecule has 0 N–H and O–H groups in total. The Morgan fingerprint density at radius 2 is 1.95 bits per heavy atom. The minimum atomic E-state index is -0.546. The predicted octanol–water partition coefficient (Wildman–Crippen LogP) is 3.70. The van der Waals surface area contributed by atoms with Gasteiger partial charge in [-0.1, -0.05) is 40.9 Å². The number of esters is 1. The molecule has 0 unspecified atom stereocenters. The van der Waals surface area contributed by atoms with Gasteiger partial charge in [0.2, 0.25) is 5.89 Å². The molecule has 1 aliphatic rings. The molecule has 1 heterocycles. The molecular weight excluding hydrogens is 348 g/mol.